The Hall–Kier alpha value is -1.77. The van der Waals surface area contributed by atoms with Gasteiger partial charge in [0.1, 0.15) is 11.4 Å². The van der Waals surface area contributed by atoms with Crippen molar-refractivity contribution in [3.8, 4) is 0 Å². The van der Waals surface area contributed by atoms with Gasteiger partial charge in [-0.1, -0.05) is 27.4 Å². The molecule has 0 unspecified atom stereocenters. The summed E-state index contributed by atoms with van der Waals surface area (Å²) in [5, 5.41) is 0. The second-order valence-electron chi connectivity index (χ2n) is 5.19. The molecule has 0 bridgehead atoms. The zero-order chi connectivity index (χ0) is 12.6. The molecule has 0 aromatic carbocycles. The van der Waals surface area contributed by atoms with Crippen LogP contribution in [0, 0.1) is 0 Å². The van der Waals surface area contributed by atoms with Crippen LogP contribution in [0.15, 0.2) is 31.1 Å². The Labute approximate surface area is 102 Å². The van der Waals surface area contributed by atoms with Crippen LogP contribution in [-0.4, -0.2) is 16.5 Å². The Kier molecular flexibility index (Phi) is 2.69. The van der Waals surface area contributed by atoms with E-state index >= 15 is 0 Å². The summed E-state index contributed by atoms with van der Waals surface area (Å²) in [4.78, 5) is 4.60. The van der Waals surface area contributed by atoms with Crippen LogP contribution < -0.4 is 0 Å². The van der Waals surface area contributed by atoms with Crippen LogP contribution in [0.25, 0.3) is 11.4 Å². The highest BCUT2D eigenvalue weighted by molar-refractivity contribution is 5.59. The molecule has 0 spiro atoms. The maximum atomic E-state index is 5.13. The maximum Gasteiger partial charge on any atom is 0.137 e. The van der Waals surface area contributed by atoms with Crippen LogP contribution >= 0.6 is 0 Å². The summed E-state index contributed by atoms with van der Waals surface area (Å²) >= 11 is 0. The van der Waals surface area contributed by atoms with Gasteiger partial charge in [0.05, 0.1) is 12.8 Å². The van der Waals surface area contributed by atoms with Crippen LogP contribution in [0.4, 0.5) is 0 Å². The molecule has 0 amide bonds. The Bertz CT molecular complexity index is 561. The van der Waals surface area contributed by atoms with E-state index in [9.17, 15) is 0 Å². The number of fused-ring (bicyclic) bond motifs is 1. The van der Waals surface area contributed by atoms with Crippen molar-refractivity contribution in [3.05, 3.63) is 42.4 Å². The van der Waals surface area contributed by atoms with E-state index in [-0.39, 0.29) is 5.41 Å². The SMILES string of the molecule is C=C(OC)c1ccc2nc(C(C)(C)C)cn2c1. The van der Waals surface area contributed by atoms with Gasteiger partial charge in [0.2, 0.25) is 0 Å². The molecular weight excluding hydrogens is 212 g/mol. The highest BCUT2D eigenvalue weighted by Crippen LogP contribution is 2.22. The van der Waals surface area contributed by atoms with Gasteiger partial charge in [-0.05, 0) is 12.1 Å². The molecule has 3 heteroatoms. The van der Waals surface area contributed by atoms with E-state index in [2.05, 4.69) is 38.5 Å². The fraction of sp³-hybridized carbons (Fsp3) is 0.357. The molecule has 0 aliphatic rings. The van der Waals surface area contributed by atoms with Crippen molar-refractivity contribution in [3.63, 3.8) is 0 Å². The van der Waals surface area contributed by atoms with E-state index < -0.39 is 0 Å². The largest absolute Gasteiger partial charge is 0.497 e. The van der Waals surface area contributed by atoms with Crippen molar-refractivity contribution in [1.29, 1.82) is 0 Å². The van der Waals surface area contributed by atoms with Crippen LogP contribution in [-0.2, 0) is 10.2 Å². The molecule has 0 N–H and O–H groups in total. The molecule has 0 aliphatic heterocycles. The van der Waals surface area contributed by atoms with Crippen molar-refractivity contribution in [2.24, 2.45) is 0 Å². The maximum absolute atomic E-state index is 5.13. The normalized spacial score (nSPS) is 11.8. The number of methoxy groups -OCH3 is 1. The molecular formula is C14H18N2O. The van der Waals surface area contributed by atoms with Gasteiger partial charge in [0, 0.05) is 23.4 Å². The van der Waals surface area contributed by atoms with Crippen molar-refractivity contribution in [2.75, 3.05) is 7.11 Å². The molecule has 3 nitrogen and oxygen atoms in total. The van der Waals surface area contributed by atoms with Gasteiger partial charge in [-0.2, -0.15) is 0 Å². The van der Waals surface area contributed by atoms with Crippen molar-refractivity contribution in [1.82, 2.24) is 9.38 Å². The van der Waals surface area contributed by atoms with Gasteiger partial charge < -0.3 is 9.14 Å². The number of imidazole rings is 1. The lowest BCUT2D eigenvalue weighted by Gasteiger charge is -2.13. The zero-order valence-electron chi connectivity index (χ0n) is 10.8. The minimum Gasteiger partial charge on any atom is -0.497 e. The molecule has 2 aromatic rings. The standard InChI is InChI=1S/C14H18N2O/c1-10(17-5)11-6-7-13-15-12(14(2,3)4)9-16(13)8-11/h6-9H,1H2,2-5H3. The predicted octanol–water partition coefficient (Wildman–Crippen LogP) is 3.25. The summed E-state index contributed by atoms with van der Waals surface area (Å²) in [7, 11) is 1.63. The second kappa shape index (κ2) is 3.91. The number of ether oxygens (including phenoxy) is 1. The smallest absolute Gasteiger partial charge is 0.137 e. The average Bonchev–Trinajstić information content (AvgIpc) is 2.70. The van der Waals surface area contributed by atoms with Crippen LogP contribution in [0.2, 0.25) is 0 Å². The first-order chi connectivity index (χ1) is 7.91. The van der Waals surface area contributed by atoms with E-state index in [1.54, 1.807) is 7.11 Å². The molecule has 0 aliphatic carbocycles. The Morgan fingerprint density at radius 3 is 2.59 bits per heavy atom. The van der Waals surface area contributed by atoms with Gasteiger partial charge in [0.25, 0.3) is 0 Å². The number of hydrogen-bond donors (Lipinski definition) is 0. The molecule has 0 atom stereocenters. The molecule has 90 valence electrons. The fourth-order valence-electron chi connectivity index (χ4n) is 1.64. The minimum atomic E-state index is 0.0600. The quantitative estimate of drug-likeness (QED) is 0.740. The summed E-state index contributed by atoms with van der Waals surface area (Å²) in [5.41, 5.74) is 3.06. The lowest BCUT2D eigenvalue weighted by Crippen LogP contribution is -2.11. The molecule has 0 radical (unpaired) electrons. The monoisotopic (exact) mass is 230 g/mol. The molecule has 2 aromatic heterocycles. The average molecular weight is 230 g/mol. The molecule has 2 heterocycles. The van der Waals surface area contributed by atoms with E-state index in [0.29, 0.717) is 5.76 Å². The number of rotatable bonds is 2. The van der Waals surface area contributed by atoms with E-state index in [4.69, 9.17) is 4.74 Å². The Balaban J connectivity index is 2.52. The molecule has 2 rings (SSSR count). The summed E-state index contributed by atoms with van der Waals surface area (Å²) in [6.45, 7) is 10.3. The van der Waals surface area contributed by atoms with Crippen LogP contribution in [0.1, 0.15) is 32.0 Å². The Morgan fingerprint density at radius 1 is 1.29 bits per heavy atom. The number of aromatic nitrogens is 2. The second-order valence-corrected chi connectivity index (χ2v) is 5.19. The van der Waals surface area contributed by atoms with Crippen molar-refractivity contribution >= 4 is 11.4 Å². The van der Waals surface area contributed by atoms with Gasteiger partial charge in [-0.3, -0.25) is 0 Å². The summed E-state index contributed by atoms with van der Waals surface area (Å²) in [6, 6.07) is 3.95. The first-order valence-electron chi connectivity index (χ1n) is 5.64. The third kappa shape index (κ3) is 2.18. The van der Waals surface area contributed by atoms with Gasteiger partial charge in [-0.15, -0.1) is 0 Å². The first-order valence-corrected chi connectivity index (χ1v) is 5.64. The predicted molar refractivity (Wildman–Crippen MR) is 69.9 cm³/mol. The zero-order valence-corrected chi connectivity index (χ0v) is 10.8. The van der Waals surface area contributed by atoms with Crippen molar-refractivity contribution in [2.45, 2.75) is 26.2 Å². The summed E-state index contributed by atoms with van der Waals surface area (Å²) < 4.78 is 7.15. The minimum absolute atomic E-state index is 0.0600. The highest BCUT2D eigenvalue weighted by Gasteiger charge is 2.17. The number of nitrogens with zero attached hydrogens (tertiary/aromatic N) is 2. The van der Waals surface area contributed by atoms with E-state index in [1.165, 1.54) is 0 Å². The number of hydrogen-bond acceptors (Lipinski definition) is 2. The van der Waals surface area contributed by atoms with Crippen molar-refractivity contribution < 1.29 is 4.74 Å². The van der Waals surface area contributed by atoms with Crippen LogP contribution in [0.3, 0.4) is 0 Å². The van der Waals surface area contributed by atoms with Gasteiger partial charge in [0.15, 0.2) is 0 Å². The fourth-order valence-corrected chi connectivity index (χ4v) is 1.64. The molecule has 0 saturated heterocycles. The lowest BCUT2D eigenvalue weighted by atomic mass is 9.93. The summed E-state index contributed by atoms with van der Waals surface area (Å²) in [5.74, 6) is 0.665. The number of pyridine rings is 1. The van der Waals surface area contributed by atoms with Gasteiger partial charge in [-0.25, -0.2) is 4.98 Å². The van der Waals surface area contributed by atoms with E-state index in [0.717, 1.165) is 16.9 Å². The Morgan fingerprint density at radius 2 is 2.00 bits per heavy atom. The van der Waals surface area contributed by atoms with E-state index in [1.807, 2.05) is 22.7 Å². The highest BCUT2D eigenvalue weighted by atomic mass is 16.5. The summed E-state index contributed by atoms with van der Waals surface area (Å²) in [6.07, 6.45) is 4.05. The third-order valence-electron chi connectivity index (χ3n) is 2.79. The third-order valence-corrected chi connectivity index (χ3v) is 2.79. The molecule has 0 fully saturated rings. The topological polar surface area (TPSA) is 26.5 Å². The van der Waals surface area contributed by atoms with Gasteiger partial charge >= 0.3 is 0 Å². The first kappa shape index (κ1) is 11.7. The molecule has 17 heavy (non-hydrogen) atoms. The van der Waals surface area contributed by atoms with Crippen LogP contribution in [0.5, 0.6) is 0 Å². The molecule has 0 saturated carbocycles. The lowest BCUT2D eigenvalue weighted by molar-refractivity contribution is 0.371.